The molecule has 0 saturated carbocycles. The van der Waals surface area contributed by atoms with E-state index in [2.05, 4.69) is 5.16 Å². The predicted molar refractivity (Wildman–Crippen MR) is 91.5 cm³/mol. The van der Waals surface area contributed by atoms with Crippen molar-refractivity contribution in [2.24, 2.45) is 0 Å². The van der Waals surface area contributed by atoms with Gasteiger partial charge in [0.05, 0.1) is 16.7 Å². The molecule has 3 rings (SSSR count). The van der Waals surface area contributed by atoms with Gasteiger partial charge in [0.2, 0.25) is 0 Å². The van der Waals surface area contributed by atoms with Crippen LogP contribution in [0.1, 0.15) is 39.0 Å². The third kappa shape index (κ3) is 2.56. The fourth-order valence-corrected chi connectivity index (χ4v) is 2.61. The van der Waals surface area contributed by atoms with Crippen LogP contribution in [0.4, 0.5) is 5.69 Å². The number of hydrogen-bond acceptors (Lipinski definition) is 5. The molecule has 1 fully saturated rings. The molecule has 1 aromatic carbocycles. The maximum Gasteiger partial charge on any atom is 0.500 e. The highest BCUT2D eigenvalue weighted by Crippen LogP contribution is 2.37. The van der Waals surface area contributed by atoms with Crippen LogP contribution in [-0.2, 0) is 9.31 Å². The van der Waals surface area contributed by atoms with E-state index in [1.54, 1.807) is 0 Å². The third-order valence-corrected chi connectivity index (χ3v) is 4.95. The number of benzene rings is 1. The summed E-state index contributed by atoms with van der Waals surface area (Å²) in [5.74, 6) is 0.692. The van der Waals surface area contributed by atoms with Gasteiger partial charge in [0.15, 0.2) is 0 Å². The van der Waals surface area contributed by atoms with E-state index in [0.717, 1.165) is 22.3 Å². The smallest absolute Gasteiger partial charge is 0.399 e. The first-order valence-electron chi connectivity index (χ1n) is 7.81. The molecule has 2 heterocycles. The Morgan fingerprint density at radius 2 is 1.65 bits per heavy atom. The van der Waals surface area contributed by atoms with Crippen LogP contribution < -0.4 is 11.2 Å². The molecule has 1 saturated heterocycles. The fraction of sp³-hybridized carbons (Fsp3) is 0.471. The molecule has 0 unspecified atom stereocenters. The Morgan fingerprint density at radius 3 is 2.22 bits per heavy atom. The molecule has 0 radical (unpaired) electrons. The minimum Gasteiger partial charge on any atom is -0.399 e. The maximum absolute atomic E-state index is 6.15. The van der Waals surface area contributed by atoms with Crippen molar-refractivity contribution in [1.29, 1.82) is 0 Å². The van der Waals surface area contributed by atoms with Crippen LogP contribution in [0.25, 0.3) is 11.3 Å². The SMILES string of the molecule is Cc1ccc(-c2noc(C)c2B2OC(C)(C)C(C)(C)O2)cc1N. The average molecular weight is 314 g/mol. The third-order valence-electron chi connectivity index (χ3n) is 4.95. The summed E-state index contributed by atoms with van der Waals surface area (Å²) < 4.78 is 17.7. The topological polar surface area (TPSA) is 70.5 Å². The Kier molecular flexibility index (Phi) is 3.57. The zero-order valence-corrected chi connectivity index (χ0v) is 14.6. The van der Waals surface area contributed by atoms with Crippen LogP contribution in [0.15, 0.2) is 22.7 Å². The number of hydrogen-bond donors (Lipinski definition) is 1. The van der Waals surface area contributed by atoms with Crippen LogP contribution in [0.3, 0.4) is 0 Å². The number of anilines is 1. The van der Waals surface area contributed by atoms with Gasteiger partial charge in [-0.25, -0.2) is 0 Å². The van der Waals surface area contributed by atoms with E-state index in [9.17, 15) is 0 Å². The molecule has 5 nitrogen and oxygen atoms in total. The largest absolute Gasteiger partial charge is 0.500 e. The second kappa shape index (κ2) is 5.11. The van der Waals surface area contributed by atoms with E-state index >= 15 is 0 Å². The highest BCUT2D eigenvalue weighted by Gasteiger charge is 2.53. The van der Waals surface area contributed by atoms with Gasteiger partial charge >= 0.3 is 7.12 Å². The number of nitrogens with two attached hydrogens (primary N) is 1. The van der Waals surface area contributed by atoms with Crippen molar-refractivity contribution in [3.63, 3.8) is 0 Å². The van der Waals surface area contributed by atoms with Gasteiger partial charge < -0.3 is 19.6 Å². The van der Waals surface area contributed by atoms with Crippen LogP contribution >= 0.6 is 0 Å². The standard InChI is InChI=1S/C17H23BN2O3/c1-10-7-8-12(9-13(10)19)15-14(11(2)21-20-15)18-22-16(3,4)17(5,6)23-18/h7-9H,19H2,1-6H3. The maximum atomic E-state index is 6.15. The molecule has 0 atom stereocenters. The van der Waals surface area contributed by atoms with E-state index in [-0.39, 0.29) is 0 Å². The summed E-state index contributed by atoms with van der Waals surface area (Å²) >= 11 is 0. The monoisotopic (exact) mass is 314 g/mol. The van der Waals surface area contributed by atoms with Gasteiger partial charge in [-0.05, 0) is 53.2 Å². The molecule has 6 heteroatoms. The van der Waals surface area contributed by atoms with Gasteiger partial charge in [-0.3, -0.25) is 0 Å². The Morgan fingerprint density at radius 1 is 1.04 bits per heavy atom. The van der Waals surface area contributed by atoms with E-state index in [4.69, 9.17) is 19.6 Å². The van der Waals surface area contributed by atoms with Crippen LogP contribution in [-0.4, -0.2) is 23.5 Å². The summed E-state index contributed by atoms with van der Waals surface area (Å²) in [4.78, 5) is 0. The number of nitrogen functional groups attached to an aromatic ring is 1. The molecule has 2 aromatic rings. The Hall–Kier alpha value is -1.79. The Bertz CT molecular complexity index is 736. The second-order valence-electron chi connectivity index (χ2n) is 7.16. The molecular formula is C17H23BN2O3. The summed E-state index contributed by atoms with van der Waals surface area (Å²) in [7, 11) is -0.510. The van der Waals surface area contributed by atoms with Gasteiger partial charge in [-0.2, -0.15) is 0 Å². The Labute approximate surface area is 137 Å². The fourth-order valence-electron chi connectivity index (χ4n) is 2.61. The van der Waals surface area contributed by atoms with E-state index in [0.29, 0.717) is 11.5 Å². The Balaban J connectivity index is 2.05. The average Bonchev–Trinajstić information content (AvgIpc) is 2.91. The summed E-state index contributed by atoms with van der Waals surface area (Å²) in [5.41, 5.74) is 9.41. The van der Waals surface area contributed by atoms with Gasteiger partial charge in [0, 0.05) is 11.3 Å². The summed E-state index contributed by atoms with van der Waals surface area (Å²) in [6.45, 7) is 12.0. The van der Waals surface area contributed by atoms with E-state index < -0.39 is 18.3 Å². The van der Waals surface area contributed by atoms with Gasteiger partial charge in [0.1, 0.15) is 11.5 Å². The van der Waals surface area contributed by atoms with Gasteiger partial charge in [-0.1, -0.05) is 17.3 Å². The highest BCUT2D eigenvalue weighted by molar-refractivity contribution is 6.64. The van der Waals surface area contributed by atoms with Crippen molar-refractivity contribution in [3.05, 3.63) is 29.5 Å². The minimum atomic E-state index is -0.510. The molecule has 1 aromatic heterocycles. The summed E-state index contributed by atoms with van der Waals surface area (Å²) in [6.07, 6.45) is 0. The van der Waals surface area contributed by atoms with Crippen molar-refractivity contribution < 1.29 is 13.8 Å². The lowest BCUT2D eigenvalue weighted by Crippen LogP contribution is -2.41. The lowest BCUT2D eigenvalue weighted by Gasteiger charge is -2.32. The van der Waals surface area contributed by atoms with Crippen molar-refractivity contribution in [3.8, 4) is 11.3 Å². The zero-order valence-electron chi connectivity index (χ0n) is 14.6. The molecule has 1 aliphatic heterocycles. The molecule has 1 aliphatic rings. The quantitative estimate of drug-likeness (QED) is 0.682. The second-order valence-corrected chi connectivity index (χ2v) is 7.16. The molecule has 23 heavy (non-hydrogen) atoms. The number of rotatable bonds is 2. The van der Waals surface area contributed by atoms with E-state index in [1.165, 1.54) is 0 Å². The first-order chi connectivity index (χ1) is 10.6. The van der Waals surface area contributed by atoms with Gasteiger partial charge in [-0.15, -0.1) is 0 Å². The molecule has 0 bridgehead atoms. The molecular weight excluding hydrogens is 291 g/mol. The van der Waals surface area contributed by atoms with Gasteiger partial charge in [0.25, 0.3) is 0 Å². The highest BCUT2D eigenvalue weighted by atomic mass is 16.7. The van der Waals surface area contributed by atoms with Crippen molar-refractivity contribution in [2.45, 2.75) is 52.7 Å². The lowest BCUT2D eigenvalue weighted by atomic mass is 9.76. The van der Waals surface area contributed by atoms with Crippen LogP contribution in [0.5, 0.6) is 0 Å². The van der Waals surface area contributed by atoms with Crippen molar-refractivity contribution in [1.82, 2.24) is 5.16 Å². The van der Waals surface area contributed by atoms with Crippen LogP contribution in [0, 0.1) is 13.8 Å². The number of nitrogens with zero attached hydrogens (tertiary/aromatic N) is 1. The normalized spacial score (nSPS) is 19.3. The summed E-state index contributed by atoms with van der Waals surface area (Å²) in [6, 6.07) is 5.86. The molecule has 122 valence electrons. The van der Waals surface area contributed by atoms with Crippen LogP contribution in [0.2, 0.25) is 0 Å². The number of aromatic nitrogens is 1. The van der Waals surface area contributed by atoms with Crippen molar-refractivity contribution in [2.75, 3.05) is 5.73 Å². The first kappa shape index (κ1) is 16.1. The molecule has 0 aliphatic carbocycles. The molecule has 2 N–H and O–H groups in total. The first-order valence-corrected chi connectivity index (χ1v) is 7.81. The zero-order chi connectivity index (χ0) is 17.0. The van der Waals surface area contributed by atoms with Crippen molar-refractivity contribution >= 4 is 18.3 Å². The number of aryl methyl sites for hydroxylation is 2. The minimum absolute atomic E-state index is 0.412. The van der Waals surface area contributed by atoms with E-state index in [1.807, 2.05) is 59.7 Å². The molecule has 0 spiro atoms. The molecule has 0 amide bonds. The summed E-state index contributed by atoms with van der Waals surface area (Å²) in [5, 5.41) is 4.21. The lowest BCUT2D eigenvalue weighted by molar-refractivity contribution is 0.00578. The predicted octanol–water partition coefficient (Wildman–Crippen LogP) is 2.84.